The molecule has 0 aliphatic carbocycles. The molecule has 0 atom stereocenters. The lowest BCUT2D eigenvalue weighted by molar-refractivity contribution is 0.652. The van der Waals surface area contributed by atoms with Crippen molar-refractivity contribution in [3.63, 3.8) is 0 Å². The molecule has 1 saturated heterocycles. The van der Waals surface area contributed by atoms with Gasteiger partial charge in [0.05, 0.1) is 0 Å². The Kier molecular flexibility index (Phi) is 4.17. The Labute approximate surface area is 60.8 Å². The molecule has 1 aliphatic rings. The lowest BCUT2D eigenvalue weighted by atomic mass is 10.6. The predicted octanol–water partition coefficient (Wildman–Crippen LogP) is -0.0876. The second-order valence-electron chi connectivity index (χ2n) is 2.11. The summed E-state index contributed by atoms with van der Waals surface area (Å²) in [5, 5.41) is 6.69. The van der Waals surface area contributed by atoms with Gasteiger partial charge in [-0.25, -0.2) is 0 Å². The molecule has 1 heterocycles. The third kappa shape index (κ3) is 3.78. The van der Waals surface area contributed by atoms with E-state index >= 15 is 0 Å². The first kappa shape index (κ1) is 7.38. The van der Waals surface area contributed by atoms with E-state index in [1.54, 1.807) is 0 Å². The Morgan fingerprint density at radius 3 is 1.89 bits per heavy atom. The van der Waals surface area contributed by atoms with Crippen LogP contribution in [-0.4, -0.2) is 37.7 Å². The number of rotatable bonds is 0. The lowest BCUT2D eigenvalue weighted by Crippen LogP contribution is -2.27. The van der Waals surface area contributed by atoms with Crippen LogP contribution in [0.1, 0.15) is 0 Å². The van der Waals surface area contributed by atoms with Crippen LogP contribution in [0.25, 0.3) is 0 Å². The summed E-state index contributed by atoms with van der Waals surface area (Å²) in [6.07, 6.45) is 0. The Morgan fingerprint density at radius 2 is 1.33 bits per heavy atom. The van der Waals surface area contributed by atoms with Gasteiger partial charge in [-0.05, 0) is 0 Å². The average molecular weight is 146 g/mol. The van der Waals surface area contributed by atoms with Gasteiger partial charge in [-0.3, -0.25) is 0 Å². The van der Waals surface area contributed by atoms with Crippen molar-refractivity contribution in [3.05, 3.63) is 0 Å². The maximum atomic E-state index is 3.34. The van der Waals surface area contributed by atoms with E-state index in [2.05, 4.69) is 10.6 Å². The normalized spacial score (nSPS) is 24.0. The minimum absolute atomic E-state index is 1.13. The highest BCUT2D eigenvalue weighted by atomic mass is 32.2. The van der Waals surface area contributed by atoms with Crippen LogP contribution in [0.5, 0.6) is 0 Å². The van der Waals surface area contributed by atoms with Gasteiger partial charge in [0, 0.05) is 37.7 Å². The molecule has 2 N–H and O–H groups in total. The van der Waals surface area contributed by atoms with Crippen LogP contribution in [-0.2, 0) is 0 Å². The van der Waals surface area contributed by atoms with Gasteiger partial charge in [0.25, 0.3) is 0 Å². The van der Waals surface area contributed by atoms with Crippen LogP contribution in [0.2, 0.25) is 0 Å². The molecule has 0 unspecified atom stereocenters. The van der Waals surface area contributed by atoms with Crippen LogP contribution in [0, 0.1) is 0 Å². The number of hydrogen-bond acceptors (Lipinski definition) is 3. The zero-order valence-corrected chi connectivity index (χ0v) is 6.47. The molecule has 1 rings (SSSR count). The molecule has 9 heavy (non-hydrogen) atoms. The lowest BCUT2D eigenvalue weighted by Gasteiger charge is -1.99. The molecule has 1 fully saturated rings. The Balaban J connectivity index is 2.02. The van der Waals surface area contributed by atoms with Crippen molar-refractivity contribution in [1.82, 2.24) is 10.6 Å². The average Bonchev–Trinajstić information content (AvgIpc) is 2.00. The van der Waals surface area contributed by atoms with E-state index in [0.29, 0.717) is 0 Å². The summed E-state index contributed by atoms with van der Waals surface area (Å²) in [6.45, 7) is 4.60. The molecule has 0 spiro atoms. The van der Waals surface area contributed by atoms with Crippen molar-refractivity contribution in [3.8, 4) is 0 Å². The number of nitrogens with one attached hydrogen (secondary N) is 2. The molecule has 0 aromatic carbocycles. The standard InChI is InChI=1S/C6H14N2S/c1-2-8-4-6-9-5-3-7-1/h7-8H,1-6H2. The molecule has 0 radical (unpaired) electrons. The summed E-state index contributed by atoms with van der Waals surface area (Å²) < 4.78 is 0. The van der Waals surface area contributed by atoms with Gasteiger partial charge in [0.1, 0.15) is 0 Å². The Bertz CT molecular complexity index is 39.5. The van der Waals surface area contributed by atoms with Crippen molar-refractivity contribution >= 4 is 11.8 Å². The minimum atomic E-state index is 1.13. The van der Waals surface area contributed by atoms with Gasteiger partial charge >= 0.3 is 0 Å². The molecule has 0 aromatic heterocycles. The second-order valence-corrected chi connectivity index (χ2v) is 3.34. The predicted molar refractivity (Wildman–Crippen MR) is 43.1 cm³/mol. The Hall–Kier alpha value is 0.270. The Morgan fingerprint density at radius 1 is 0.778 bits per heavy atom. The zero-order chi connectivity index (χ0) is 6.36. The van der Waals surface area contributed by atoms with E-state index < -0.39 is 0 Å². The smallest absolute Gasteiger partial charge is 0.00770 e. The van der Waals surface area contributed by atoms with Crippen molar-refractivity contribution in [2.75, 3.05) is 37.7 Å². The maximum Gasteiger partial charge on any atom is 0.00770 e. The molecule has 0 amide bonds. The second kappa shape index (κ2) is 5.09. The summed E-state index contributed by atoms with van der Waals surface area (Å²) in [5.74, 6) is 2.53. The minimum Gasteiger partial charge on any atom is -0.315 e. The van der Waals surface area contributed by atoms with Crippen molar-refractivity contribution in [2.45, 2.75) is 0 Å². The molecule has 1 aliphatic heterocycles. The summed E-state index contributed by atoms with van der Waals surface area (Å²) in [4.78, 5) is 0. The first-order valence-electron chi connectivity index (χ1n) is 3.49. The first-order valence-corrected chi connectivity index (χ1v) is 4.65. The molecule has 54 valence electrons. The zero-order valence-electron chi connectivity index (χ0n) is 5.65. The molecule has 2 nitrogen and oxygen atoms in total. The largest absolute Gasteiger partial charge is 0.315 e. The third-order valence-electron chi connectivity index (χ3n) is 1.32. The fraction of sp³-hybridized carbons (Fsp3) is 1.00. The SMILES string of the molecule is C1CNCCSCCN1. The molecular weight excluding hydrogens is 132 g/mol. The van der Waals surface area contributed by atoms with Gasteiger partial charge in [0.15, 0.2) is 0 Å². The van der Waals surface area contributed by atoms with E-state index in [1.165, 1.54) is 24.6 Å². The van der Waals surface area contributed by atoms with Crippen molar-refractivity contribution in [1.29, 1.82) is 0 Å². The summed E-state index contributed by atoms with van der Waals surface area (Å²) in [5.41, 5.74) is 0. The summed E-state index contributed by atoms with van der Waals surface area (Å²) in [7, 11) is 0. The van der Waals surface area contributed by atoms with E-state index in [9.17, 15) is 0 Å². The first-order chi connectivity index (χ1) is 4.50. The fourth-order valence-corrected chi connectivity index (χ4v) is 1.60. The van der Waals surface area contributed by atoms with Crippen LogP contribution < -0.4 is 10.6 Å². The van der Waals surface area contributed by atoms with Gasteiger partial charge in [-0.2, -0.15) is 11.8 Å². The van der Waals surface area contributed by atoms with Gasteiger partial charge < -0.3 is 10.6 Å². The number of hydrogen-bond donors (Lipinski definition) is 2. The topological polar surface area (TPSA) is 24.1 Å². The number of thioether (sulfide) groups is 1. The van der Waals surface area contributed by atoms with E-state index in [0.717, 1.165) is 13.1 Å². The van der Waals surface area contributed by atoms with Crippen LogP contribution in [0.4, 0.5) is 0 Å². The maximum absolute atomic E-state index is 3.34. The van der Waals surface area contributed by atoms with Crippen LogP contribution >= 0.6 is 11.8 Å². The molecule has 0 aromatic rings. The summed E-state index contributed by atoms with van der Waals surface area (Å²) in [6, 6.07) is 0. The monoisotopic (exact) mass is 146 g/mol. The third-order valence-corrected chi connectivity index (χ3v) is 2.31. The summed E-state index contributed by atoms with van der Waals surface area (Å²) >= 11 is 2.02. The molecule has 0 bridgehead atoms. The van der Waals surface area contributed by atoms with E-state index in [4.69, 9.17) is 0 Å². The quantitative estimate of drug-likeness (QED) is 0.499. The molecule has 0 saturated carbocycles. The highest BCUT2D eigenvalue weighted by Gasteiger charge is 1.93. The van der Waals surface area contributed by atoms with Gasteiger partial charge in [0.2, 0.25) is 0 Å². The molecule has 3 heteroatoms. The van der Waals surface area contributed by atoms with E-state index in [1.807, 2.05) is 11.8 Å². The highest BCUT2D eigenvalue weighted by Crippen LogP contribution is 1.96. The van der Waals surface area contributed by atoms with Crippen LogP contribution in [0.15, 0.2) is 0 Å². The van der Waals surface area contributed by atoms with E-state index in [-0.39, 0.29) is 0 Å². The molecular formula is C6H14N2S. The van der Waals surface area contributed by atoms with Gasteiger partial charge in [-0.1, -0.05) is 0 Å². The fourth-order valence-electron chi connectivity index (χ4n) is 0.818. The van der Waals surface area contributed by atoms with Crippen molar-refractivity contribution in [2.24, 2.45) is 0 Å². The van der Waals surface area contributed by atoms with Crippen LogP contribution in [0.3, 0.4) is 0 Å². The van der Waals surface area contributed by atoms with Gasteiger partial charge in [-0.15, -0.1) is 0 Å². The van der Waals surface area contributed by atoms with Crippen molar-refractivity contribution < 1.29 is 0 Å². The highest BCUT2D eigenvalue weighted by molar-refractivity contribution is 7.99.